The topological polar surface area (TPSA) is 43.8 Å². The first-order chi connectivity index (χ1) is 12.7. The fraction of sp³-hybridized carbons (Fsp3) is 0.278. The third-order valence-corrected chi connectivity index (χ3v) is 5.15. The quantitative estimate of drug-likeness (QED) is 0.790. The number of thiophene rings is 1. The van der Waals surface area contributed by atoms with Gasteiger partial charge in [0.25, 0.3) is 0 Å². The smallest absolute Gasteiger partial charge is 0.382 e. The van der Waals surface area contributed by atoms with E-state index >= 15 is 0 Å². The van der Waals surface area contributed by atoms with Crippen LogP contribution in [0, 0.1) is 6.92 Å². The highest BCUT2D eigenvalue weighted by Gasteiger charge is 2.42. The number of aryl methyl sites for hydroxylation is 1. The number of carbonyl (C=O) groups excluding carboxylic acids is 1. The summed E-state index contributed by atoms with van der Waals surface area (Å²) >= 11 is 7.28. The van der Waals surface area contributed by atoms with Crippen molar-refractivity contribution in [1.82, 2.24) is 5.01 Å². The van der Waals surface area contributed by atoms with Crippen LogP contribution >= 0.6 is 22.9 Å². The van der Waals surface area contributed by atoms with Crippen LogP contribution in [0.4, 0.5) is 18.9 Å². The van der Waals surface area contributed by atoms with E-state index in [0.29, 0.717) is 22.0 Å². The fourth-order valence-corrected chi connectivity index (χ4v) is 3.57. The average Bonchev–Trinajstić information content (AvgIpc) is 3.01. The van der Waals surface area contributed by atoms with Crippen molar-refractivity contribution in [1.29, 1.82) is 0 Å². The van der Waals surface area contributed by atoms with Gasteiger partial charge in [-0.15, -0.1) is 11.3 Å². The minimum absolute atomic E-state index is 0.0332. The van der Waals surface area contributed by atoms with Gasteiger partial charge < -0.3 is 5.11 Å². The van der Waals surface area contributed by atoms with E-state index in [4.69, 9.17) is 11.6 Å². The van der Waals surface area contributed by atoms with Crippen LogP contribution < -0.4 is 5.01 Å². The van der Waals surface area contributed by atoms with Gasteiger partial charge in [-0.3, -0.25) is 9.80 Å². The molecule has 1 aliphatic rings. The highest BCUT2D eigenvalue weighted by molar-refractivity contribution is 7.10. The van der Waals surface area contributed by atoms with Crippen LogP contribution in [0.5, 0.6) is 0 Å². The molecule has 1 N–H and O–H groups in total. The van der Waals surface area contributed by atoms with Crippen molar-refractivity contribution in [3.8, 4) is 0 Å². The summed E-state index contributed by atoms with van der Waals surface area (Å²) in [6.45, 7) is 1.03. The number of carbonyl (C=O) groups is 1. The zero-order chi connectivity index (χ0) is 19.8. The highest BCUT2D eigenvalue weighted by atomic mass is 35.5. The molecule has 1 atom stereocenters. The first-order valence-electron chi connectivity index (χ1n) is 8.03. The number of β-amino-alcohol motifs (C(OH)–C–C–N with tert-alkyl or cyclic N) is 1. The number of halogens is 4. The molecule has 0 spiro atoms. The lowest BCUT2D eigenvalue weighted by Crippen LogP contribution is -2.52. The molecule has 9 heteroatoms. The van der Waals surface area contributed by atoms with Crippen LogP contribution in [0.2, 0.25) is 5.02 Å². The molecule has 2 heterocycles. The van der Waals surface area contributed by atoms with E-state index < -0.39 is 18.8 Å². The Kier molecular flexibility index (Phi) is 5.50. The molecule has 4 nitrogen and oxygen atoms in total. The largest absolute Gasteiger partial charge is 0.416 e. The predicted octanol–water partition coefficient (Wildman–Crippen LogP) is 4.63. The Balaban J connectivity index is 2.05. The van der Waals surface area contributed by atoms with Gasteiger partial charge in [-0.1, -0.05) is 23.7 Å². The molecule has 27 heavy (non-hydrogen) atoms. The standard InChI is InChI=1S/C18H16ClF3N2O2S/c1-11-8-14(10-27-11)24-17(26)7-6-15(12-2-4-13(19)5-3-12)23(24)9-16(25)18(20,21)22/h2-6,8,10,16,25H,7,9H2,1H3/t16-/m0/s1. The van der Waals surface area contributed by atoms with Crippen molar-refractivity contribution in [2.45, 2.75) is 25.6 Å². The molecule has 1 amide bonds. The summed E-state index contributed by atoms with van der Waals surface area (Å²) in [6, 6.07) is 8.28. The van der Waals surface area contributed by atoms with Crippen molar-refractivity contribution >= 4 is 40.2 Å². The SMILES string of the molecule is Cc1cc(N2C(=O)CC=C(c3ccc(Cl)cc3)N2C[C@H](O)C(F)(F)F)cs1. The van der Waals surface area contributed by atoms with E-state index in [1.54, 1.807) is 41.8 Å². The van der Waals surface area contributed by atoms with E-state index in [2.05, 4.69) is 0 Å². The third kappa shape index (κ3) is 4.28. The molecule has 1 aromatic heterocycles. The average molecular weight is 417 g/mol. The van der Waals surface area contributed by atoms with Crippen LogP contribution in [0.25, 0.3) is 5.70 Å². The number of aliphatic hydroxyl groups is 1. The van der Waals surface area contributed by atoms with Gasteiger partial charge in [0.05, 0.1) is 17.9 Å². The number of hydrogen-bond donors (Lipinski definition) is 1. The molecule has 144 valence electrons. The highest BCUT2D eigenvalue weighted by Crippen LogP contribution is 2.35. The van der Waals surface area contributed by atoms with Crippen LogP contribution in [0.1, 0.15) is 16.9 Å². The second kappa shape index (κ2) is 7.53. The Morgan fingerprint density at radius 2 is 1.96 bits per heavy atom. The Labute approximate surface area is 163 Å². The van der Waals surface area contributed by atoms with Crippen molar-refractivity contribution in [2.24, 2.45) is 0 Å². The lowest BCUT2D eigenvalue weighted by molar-refractivity contribution is -0.206. The summed E-state index contributed by atoms with van der Waals surface area (Å²) in [6.07, 6.45) is -5.82. The van der Waals surface area contributed by atoms with Crippen LogP contribution in [0.15, 0.2) is 41.8 Å². The number of hydrogen-bond acceptors (Lipinski definition) is 4. The number of amides is 1. The summed E-state index contributed by atoms with van der Waals surface area (Å²) in [7, 11) is 0. The number of aliphatic hydroxyl groups excluding tert-OH is 1. The molecule has 1 aliphatic heterocycles. The molecule has 0 radical (unpaired) electrons. The first kappa shape index (κ1) is 19.7. The Morgan fingerprint density at radius 3 is 2.52 bits per heavy atom. The van der Waals surface area contributed by atoms with E-state index in [1.807, 2.05) is 6.92 Å². The van der Waals surface area contributed by atoms with Gasteiger partial charge in [-0.05, 0) is 36.8 Å². The monoisotopic (exact) mass is 416 g/mol. The maximum Gasteiger partial charge on any atom is 0.416 e. The number of anilines is 1. The lowest BCUT2D eigenvalue weighted by Gasteiger charge is -2.41. The van der Waals surface area contributed by atoms with Crippen LogP contribution in [-0.2, 0) is 4.79 Å². The summed E-state index contributed by atoms with van der Waals surface area (Å²) in [5.74, 6) is -0.375. The zero-order valence-electron chi connectivity index (χ0n) is 14.2. The molecule has 0 bridgehead atoms. The molecule has 3 rings (SSSR count). The number of hydrazine groups is 1. The number of rotatable bonds is 4. The minimum Gasteiger partial charge on any atom is -0.382 e. The molecule has 0 unspecified atom stereocenters. The van der Waals surface area contributed by atoms with Crippen LogP contribution in [0.3, 0.4) is 0 Å². The molecule has 0 saturated carbocycles. The second-order valence-electron chi connectivity index (χ2n) is 6.06. The van der Waals surface area contributed by atoms with E-state index in [9.17, 15) is 23.1 Å². The Hall–Kier alpha value is -2.03. The first-order valence-corrected chi connectivity index (χ1v) is 9.29. The Morgan fingerprint density at radius 1 is 1.30 bits per heavy atom. The summed E-state index contributed by atoms with van der Waals surface area (Å²) < 4.78 is 39.0. The molecule has 0 fully saturated rings. The number of benzene rings is 1. The fourth-order valence-electron chi connectivity index (χ4n) is 2.78. The van der Waals surface area contributed by atoms with Crippen molar-refractivity contribution in [2.75, 3.05) is 11.6 Å². The van der Waals surface area contributed by atoms with E-state index in [-0.39, 0.29) is 12.3 Å². The molecular weight excluding hydrogens is 401 g/mol. The predicted molar refractivity (Wildman–Crippen MR) is 99.4 cm³/mol. The second-order valence-corrected chi connectivity index (χ2v) is 7.61. The number of alkyl halides is 3. The van der Waals surface area contributed by atoms with E-state index in [1.165, 1.54) is 21.4 Å². The van der Waals surface area contributed by atoms with Gasteiger partial charge >= 0.3 is 6.18 Å². The van der Waals surface area contributed by atoms with Crippen molar-refractivity contribution in [3.05, 3.63) is 57.3 Å². The van der Waals surface area contributed by atoms with Gasteiger partial charge in [0.2, 0.25) is 5.91 Å². The summed E-state index contributed by atoms with van der Waals surface area (Å²) in [5.41, 5.74) is 1.47. The third-order valence-electron chi connectivity index (χ3n) is 4.05. The van der Waals surface area contributed by atoms with Crippen molar-refractivity contribution in [3.63, 3.8) is 0 Å². The van der Waals surface area contributed by atoms with Gasteiger partial charge in [-0.2, -0.15) is 13.2 Å². The minimum atomic E-state index is -4.80. The lowest BCUT2D eigenvalue weighted by atomic mass is 10.1. The van der Waals surface area contributed by atoms with Gasteiger partial charge in [0, 0.05) is 21.7 Å². The maximum absolute atomic E-state index is 13.0. The molecule has 0 saturated heterocycles. The molecule has 1 aromatic carbocycles. The maximum atomic E-state index is 13.0. The summed E-state index contributed by atoms with van der Waals surface area (Å²) in [4.78, 5) is 13.5. The van der Waals surface area contributed by atoms with Gasteiger partial charge in [-0.25, -0.2) is 5.01 Å². The van der Waals surface area contributed by atoms with Crippen LogP contribution in [-0.4, -0.2) is 34.8 Å². The normalized spacial score (nSPS) is 16.5. The van der Waals surface area contributed by atoms with Crippen molar-refractivity contribution < 1.29 is 23.1 Å². The molecule has 2 aromatic rings. The zero-order valence-corrected chi connectivity index (χ0v) is 15.8. The van der Waals surface area contributed by atoms with E-state index in [0.717, 1.165) is 4.88 Å². The van der Waals surface area contributed by atoms with Gasteiger partial charge in [0.15, 0.2) is 6.10 Å². The Bertz CT molecular complexity index is 864. The van der Waals surface area contributed by atoms with Gasteiger partial charge in [0.1, 0.15) is 0 Å². The molecule has 0 aliphatic carbocycles. The summed E-state index contributed by atoms with van der Waals surface area (Å²) in [5, 5.41) is 14.2. The number of nitrogens with zero attached hydrogens (tertiary/aromatic N) is 2. The molecular formula is C18H16ClF3N2O2S.